The summed E-state index contributed by atoms with van der Waals surface area (Å²) in [7, 11) is 0. The fourth-order valence-corrected chi connectivity index (χ4v) is 15.8. The molecule has 0 saturated heterocycles. The second kappa shape index (κ2) is 174. The van der Waals surface area contributed by atoms with Crippen molar-refractivity contribution in [2.24, 2.45) is 0 Å². The van der Waals surface area contributed by atoms with E-state index >= 15 is 0 Å². The molecule has 0 unspecified atom stereocenters. The molecule has 0 heterocycles. The summed E-state index contributed by atoms with van der Waals surface area (Å²) >= 11 is 0. The third-order valence-electron chi connectivity index (χ3n) is 24.9. The standard InChI is InChI=1S/10C12H26.C4H8O2/c10*1-3-5-7-9-11-12-10-8-6-4-2;1-3-6-4(2)5/h10*3-12H2,1-2H3;3H2,1-2H3. The van der Waals surface area contributed by atoms with Gasteiger partial charge in [0.05, 0.1) is 6.61 Å². The Morgan fingerprint density at radius 1 is 0.103 bits per heavy atom. The number of ether oxygens (including phenoxy) is 1. The van der Waals surface area contributed by atoms with E-state index in [2.05, 4.69) is 143 Å². The molecule has 0 aliphatic rings. The molecule has 0 fully saturated rings. The summed E-state index contributed by atoms with van der Waals surface area (Å²) in [6.07, 6.45) is 144. The lowest BCUT2D eigenvalue weighted by molar-refractivity contribution is -0.140. The highest BCUT2D eigenvalue weighted by atomic mass is 16.5. The zero-order valence-corrected chi connectivity index (χ0v) is 94.7. The van der Waals surface area contributed by atoms with E-state index in [1.165, 1.54) is 649 Å². The van der Waals surface area contributed by atoms with Gasteiger partial charge in [0.15, 0.2) is 0 Å². The molecule has 0 aromatic rings. The molecule has 0 aliphatic carbocycles. The molecule has 0 saturated carbocycles. The summed E-state index contributed by atoms with van der Waals surface area (Å²) < 4.78 is 4.40. The average Bonchev–Trinajstić information content (AvgIpc) is 1.41. The van der Waals surface area contributed by atoms with Gasteiger partial charge in [-0.05, 0) is 6.92 Å². The third-order valence-corrected chi connectivity index (χ3v) is 24.9. The Labute approximate surface area is 811 Å². The second-order valence-electron chi connectivity index (χ2n) is 39.2. The van der Waals surface area contributed by atoms with Gasteiger partial charge in [-0.3, -0.25) is 4.79 Å². The molecule has 0 aromatic carbocycles. The van der Waals surface area contributed by atoms with E-state index in [1.807, 2.05) is 0 Å². The lowest BCUT2D eigenvalue weighted by atomic mass is 10.1. The smallest absolute Gasteiger partial charge is 0.302 e. The van der Waals surface area contributed by atoms with Crippen LogP contribution in [0.3, 0.4) is 0 Å². The van der Waals surface area contributed by atoms with Crippen molar-refractivity contribution in [2.75, 3.05) is 6.61 Å². The summed E-state index contributed by atoms with van der Waals surface area (Å²) in [4.78, 5) is 9.82. The number of unbranched alkanes of at least 4 members (excludes halogenated alkanes) is 90. The van der Waals surface area contributed by atoms with Gasteiger partial charge in [0.2, 0.25) is 0 Å². The molecule has 2 heteroatoms. The van der Waals surface area contributed by atoms with Crippen LogP contribution in [-0.2, 0) is 9.53 Å². The van der Waals surface area contributed by atoms with Gasteiger partial charge < -0.3 is 4.74 Å². The van der Waals surface area contributed by atoms with Crippen molar-refractivity contribution in [1.29, 1.82) is 0 Å². The zero-order valence-electron chi connectivity index (χ0n) is 94.7. The van der Waals surface area contributed by atoms with Crippen LogP contribution in [0.4, 0.5) is 0 Å². The van der Waals surface area contributed by atoms with E-state index < -0.39 is 0 Å². The topological polar surface area (TPSA) is 26.3 Å². The van der Waals surface area contributed by atoms with Crippen molar-refractivity contribution < 1.29 is 9.53 Å². The number of carbonyl (C=O) groups is 1. The molecule has 0 bridgehead atoms. The highest BCUT2D eigenvalue weighted by Gasteiger charge is 1.99. The van der Waals surface area contributed by atoms with Gasteiger partial charge in [-0.15, -0.1) is 0 Å². The number of hydrogen-bond acceptors (Lipinski definition) is 2. The Morgan fingerprint density at radius 2 is 0.151 bits per heavy atom. The zero-order chi connectivity index (χ0) is 95.7. The Kier molecular flexibility index (Phi) is 205. The summed E-state index contributed by atoms with van der Waals surface area (Å²) in [6.45, 7) is 49.2. The molecule has 2 nitrogen and oxygen atoms in total. The molecule has 0 spiro atoms. The highest BCUT2D eigenvalue weighted by Crippen LogP contribution is 2.19. The largest absolute Gasteiger partial charge is 0.466 e. The lowest BCUT2D eigenvalue weighted by Crippen LogP contribution is -1.95. The predicted molar refractivity (Wildman–Crippen MR) is 597 cm³/mol. The van der Waals surface area contributed by atoms with Crippen molar-refractivity contribution in [3.8, 4) is 0 Å². The van der Waals surface area contributed by atoms with Crippen LogP contribution in [0.2, 0.25) is 0 Å². The first-order chi connectivity index (χ1) is 61.9. The molecule has 0 radical (unpaired) electrons. The maximum Gasteiger partial charge on any atom is 0.302 e. The van der Waals surface area contributed by atoms with E-state index in [4.69, 9.17) is 0 Å². The summed E-state index contributed by atoms with van der Waals surface area (Å²) in [5.41, 5.74) is 0. The lowest BCUT2D eigenvalue weighted by Gasteiger charge is -1.99. The van der Waals surface area contributed by atoms with Crippen molar-refractivity contribution in [2.45, 2.75) is 794 Å². The van der Waals surface area contributed by atoms with Crippen LogP contribution in [0.25, 0.3) is 0 Å². The fraction of sp³-hybridized carbons (Fsp3) is 0.992. The quantitative estimate of drug-likeness (QED) is 0.0448. The normalized spacial score (nSPS) is 10.4. The first-order valence-corrected chi connectivity index (χ1v) is 61.0. The van der Waals surface area contributed by atoms with Gasteiger partial charge in [-0.2, -0.15) is 0 Å². The Hall–Kier alpha value is -0.530. The van der Waals surface area contributed by atoms with Gasteiger partial charge in [-0.25, -0.2) is 0 Å². The Morgan fingerprint density at radius 3 is 0.175 bits per heavy atom. The minimum absolute atomic E-state index is 0.211. The summed E-state index contributed by atoms with van der Waals surface area (Å²) in [6, 6.07) is 0. The molecule has 0 N–H and O–H groups in total. The number of carbonyl (C=O) groups excluding carboxylic acids is 1. The van der Waals surface area contributed by atoms with Crippen molar-refractivity contribution in [3.05, 3.63) is 0 Å². The molecule has 0 rings (SSSR count). The second-order valence-corrected chi connectivity index (χ2v) is 39.2. The fourth-order valence-electron chi connectivity index (χ4n) is 15.8. The molecule has 0 atom stereocenters. The van der Waals surface area contributed by atoms with E-state index in [-0.39, 0.29) is 5.97 Å². The first-order valence-electron chi connectivity index (χ1n) is 61.0. The van der Waals surface area contributed by atoms with Gasteiger partial charge in [0, 0.05) is 6.92 Å². The average molecular weight is 1790 g/mol. The number of esters is 1. The molecule has 776 valence electrons. The van der Waals surface area contributed by atoms with Crippen molar-refractivity contribution in [3.63, 3.8) is 0 Å². The molecular weight excluding hydrogens is 1520 g/mol. The van der Waals surface area contributed by atoms with Crippen LogP contribution in [0.1, 0.15) is 794 Å². The SMILES string of the molecule is CCCCCCCCCCCC.CCCCCCCCCCCC.CCCCCCCCCCCC.CCCCCCCCCCCC.CCCCCCCCCCCC.CCCCCCCCCCCC.CCCCCCCCCCCC.CCCCCCCCCCCC.CCCCCCCCCCCC.CCCCCCCCCCCC.CCOC(C)=O. The number of rotatable bonds is 91. The van der Waals surface area contributed by atoms with Crippen molar-refractivity contribution >= 4 is 5.97 Å². The van der Waals surface area contributed by atoms with Crippen LogP contribution in [0.5, 0.6) is 0 Å². The van der Waals surface area contributed by atoms with Gasteiger partial charge >= 0.3 is 5.97 Å². The Bertz CT molecular complexity index is 1040. The van der Waals surface area contributed by atoms with Crippen LogP contribution in [-0.4, -0.2) is 12.6 Å². The van der Waals surface area contributed by atoms with Crippen LogP contribution in [0, 0.1) is 0 Å². The van der Waals surface area contributed by atoms with Crippen LogP contribution < -0.4 is 0 Å². The van der Waals surface area contributed by atoms with Gasteiger partial charge in [-0.1, -0.05) is 781 Å². The van der Waals surface area contributed by atoms with Crippen LogP contribution >= 0.6 is 0 Å². The van der Waals surface area contributed by atoms with Gasteiger partial charge in [0.25, 0.3) is 0 Å². The van der Waals surface area contributed by atoms with E-state index in [1.54, 1.807) is 6.92 Å². The summed E-state index contributed by atoms with van der Waals surface area (Å²) in [5.74, 6) is -0.211. The van der Waals surface area contributed by atoms with Crippen LogP contribution in [0.15, 0.2) is 0 Å². The van der Waals surface area contributed by atoms with E-state index in [0.29, 0.717) is 6.61 Å². The Balaban J connectivity index is -0.000000129. The third kappa shape index (κ3) is 217. The van der Waals surface area contributed by atoms with Gasteiger partial charge in [0.1, 0.15) is 0 Å². The molecular formula is C124H268O2. The minimum Gasteiger partial charge on any atom is -0.466 e. The first kappa shape index (κ1) is 148. The molecule has 0 aromatic heterocycles. The maximum atomic E-state index is 9.82. The minimum atomic E-state index is -0.211. The predicted octanol–water partition coefficient (Wildman–Crippen LogP) is 49.8. The summed E-state index contributed by atoms with van der Waals surface area (Å²) in [5, 5.41) is 0. The highest BCUT2D eigenvalue weighted by molar-refractivity contribution is 5.65. The molecule has 0 aliphatic heterocycles. The number of hydrogen-bond donors (Lipinski definition) is 0. The molecule has 126 heavy (non-hydrogen) atoms. The van der Waals surface area contributed by atoms with Crippen molar-refractivity contribution in [1.82, 2.24) is 0 Å². The maximum absolute atomic E-state index is 9.82. The van der Waals surface area contributed by atoms with E-state index in [0.717, 1.165) is 0 Å². The monoisotopic (exact) mass is 1790 g/mol. The molecule has 0 amide bonds. The van der Waals surface area contributed by atoms with E-state index in [9.17, 15) is 4.79 Å².